The molecule has 1 unspecified atom stereocenters. The summed E-state index contributed by atoms with van der Waals surface area (Å²) in [5.74, 6) is 0.158. The van der Waals surface area contributed by atoms with Crippen LogP contribution in [0.1, 0.15) is 31.1 Å². The van der Waals surface area contributed by atoms with Crippen LogP contribution < -0.4 is 4.90 Å². The van der Waals surface area contributed by atoms with Crippen molar-refractivity contribution in [1.82, 2.24) is 4.90 Å². The first-order chi connectivity index (χ1) is 14.6. The van der Waals surface area contributed by atoms with E-state index in [2.05, 4.69) is 49.1 Å². The molecule has 1 aliphatic rings. The second-order valence-electron chi connectivity index (χ2n) is 7.55. The summed E-state index contributed by atoms with van der Waals surface area (Å²) in [6.07, 6.45) is 0.952. The summed E-state index contributed by atoms with van der Waals surface area (Å²) in [7, 11) is 0. The number of anilines is 1. The van der Waals surface area contributed by atoms with Crippen LogP contribution in [0.3, 0.4) is 0 Å². The zero-order valence-electron chi connectivity index (χ0n) is 17.5. The van der Waals surface area contributed by atoms with Gasteiger partial charge >= 0.3 is 0 Å². The molecular formula is C25H27ClN2OS. The minimum atomic E-state index is -0.246. The van der Waals surface area contributed by atoms with Gasteiger partial charge in [-0.25, -0.2) is 0 Å². The number of carbonyl (C=O) groups is 1. The molecule has 0 bridgehead atoms. The van der Waals surface area contributed by atoms with Crippen molar-refractivity contribution < 1.29 is 4.79 Å². The molecule has 1 aliphatic heterocycles. The van der Waals surface area contributed by atoms with Crippen LogP contribution in [0.25, 0.3) is 10.8 Å². The summed E-state index contributed by atoms with van der Waals surface area (Å²) in [5.41, 5.74) is 2.06. The van der Waals surface area contributed by atoms with Gasteiger partial charge in [-0.3, -0.25) is 4.79 Å². The normalized spacial score (nSPS) is 16.3. The Kier molecular flexibility index (Phi) is 6.67. The van der Waals surface area contributed by atoms with Crippen molar-refractivity contribution in [3.8, 4) is 0 Å². The van der Waals surface area contributed by atoms with Crippen LogP contribution in [0.4, 0.5) is 5.69 Å². The SMILES string of the molecule is CCN(CC)CCCN1C(=O)C(c2ccc(Cl)cc2)Sc2ccc3ccccc3c21. The number of thioether (sulfide) groups is 1. The highest BCUT2D eigenvalue weighted by Gasteiger charge is 2.35. The molecule has 0 saturated carbocycles. The quantitative estimate of drug-likeness (QED) is 0.426. The standard InChI is InChI=1S/C25H27ClN2OS/c1-3-27(4-2)16-7-17-28-23-21-9-6-5-8-18(21)12-15-22(23)30-24(25(28)29)19-10-13-20(26)14-11-19/h5-6,8-15,24H,3-4,7,16-17H2,1-2H3. The minimum absolute atomic E-state index is 0.158. The maximum Gasteiger partial charge on any atom is 0.245 e. The number of amides is 1. The lowest BCUT2D eigenvalue weighted by Gasteiger charge is -2.35. The van der Waals surface area contributed by atoms with Gasteiger partial charge in [0.25, 0.3) is 0 Å². The fraction of sp³-hybridized carbons (Fsp3) is 0.320. The van der Waals surface area contributed by atoms with E-state index in [1.54, 1.807) is 11.8 Å². The van der Waals surface area contributed by atoms with Gasteiger partial charge in [-0.1, -0.05) is 67.9 Å². The Bertz CT molecular complexity index is 1030. The van der Waals surface area contributed by atoms with Gasteiger partial charge in [0.05, 0.1) is 5.69 Å². The lowest BCUT2D eigenvalue weighted by Crippen LogP contribution is -2.39. The highest BCUT2D eigenvalue weighted by molar-refractivity contribution is 8.00. The topological polar surface area (TPSA) is 23.6 Å². The summed E-state index contributed by atoms with van der Waals surface area (Å²) >= 11 is 7.73. The van der Waals surface area contributed by atoms with Crippen molar-refractivity contribution in [3.63, 3.8) is 0 Å². The molecule has 0 aromatic heterocycles. The van der Waals surface area contributed by atoms with Gasteiger partial charge in [0.15, 0.2) is 0 Å². The lowest BCUT2D eigenvalue weighted by molar-refractivity contribution is -0.118. The summed E-state index contributed by atoms with van der Waals surface area (Å²) in [5, 5.41) is 2.76. The van der Waals surface area contributed by atoms with Crippen molar-refractivity contribution in [2.45, 2.75) is 30.4 Å². The monoisotopic (exact) mass is 438 g/mol. The van der Waals surface area contributed by atoms with Crippen LogP contribution in [0.15, 0.2) is 65.6 Å². The maximum atomic E-state index is 13.7. The van der Waals surface area contributed by atoms with Gasteiger partial charge in [0, 0.05) is 21.8 Å². The van der Waals surface area contributed by atoms with Gasteiger partial charge in [-0.15, -0.1) is 11.8 Å². The Morgan fingerprint density at radius 1 is 1.00 bits per heavy atom. The Hall–Kier alpha value is -2.01. The molecule has 3 aromatic carbocycles. The van der Waals surface area contributed by atoms with Crippen LogP contribution in [-0.4, -0.2) is 37.0 Å². The van der Waals surface area contributed by atoms with Gasteiger partial charge in [-0.2, -0.15) is 0 Å². The summed E-state index contributed by atoms with van der Waals surface area (Å²) < 4.78 is 0. The molecule has 0 saturated heterocycles. The number of carbonyl (C=O) groups excluding carboxylic acids is 1. The number of rotatable bonds is 7. The first-order valence-corrected chi connectivity index (χ1v) is 11.9. The third-order valence-corrected chi connectivity index (χ3v) is 7.34. The number of hydrogen-bond donors (Lipinski definition) is 0. The van der Waals surface area contributed by atoms with Crippen molar-refractivity contribution >= 4 is 45.7 Å². The minimum Gasteiger partial charge on any atom is -0.309 e. The average Bonchev–Trinajstić information content (AvgIpc) is 2.78. The predicted octanol–water partition coefficient (Wildman–Crippen LogP) is 6.41. The fourth-order valence-corrected chi connectivity index (χ4v) is 5.48. The van der Waals surface area contributed by atoms with E-state index < -0.39 is 0 Å². The molecular weight excluding hydrogens is 412 g/mol. The average molecular weight is 439 g/mol. The Morgan fingerprint density at radius 3 is 2.47 bits per heavy atom. The first-order valence-electron chi connectivity index (χ1n) is 10.6. The van der Waals surface area contributed by atoms with Crippen LogP contribution in [0, 0.1) is 0 Å². The first kappa shape index (κ1) is 21.2. The Labute approximate surface area is 188 Å². The van der Waals surface area contributed by atoms with E-state index in [1.807, 2.05) is 35.2 Å². The molecule has 0 spiro atoms. The van der Waals surface area contributed by atoms with Crippen molar-refractivity contribution in [2.75, 3.05) is 31.1 Å². The highest BCUT2D eigenvalue weighted by atomic mass is 35.5. The van der Waals surface area contributed by atoms with Crippen LogP contribution in [0.2, 0.25) is 5.02 Å². The third kappa shape index (κ3) is 4.22. The van der Waals surface area contributed by atoms with Gasteiger partial charge in [-0.05, 0) is 55.2 Å². The van der Waals surface area contributed by atoms with E-state index in [0.717, 1.165) is 54.1 Å². The molecule has 1 atom stereocenters. The number of benzene rings is 3. The molecule has 3 aromatic rings. The number of hydrogen-bond acceptors (Lipinski definition) is 3. The molecule has 5 heteroatoms. The highest BCUT2D eigenvalue weighted by Crippen LogP contribution is 2.49. The molecule has 4 rings (SSSR count). The van der Waals surface area contributed by atoms with E-state index in [4.69, 9.17) is 11.6 Å². The summed E-state index contributed by atoms with van der Waals surface area (Å²) in [6.45, 7) is 8.16. The van der Waals surface area contributed by atoms with Crippen LogP contribution in [-0.2, 0) is 4.79 Å². The van der Waals surface area contributed by atoms with Crippen molar-refractivity contribution in [3.05, 3.63) is 71.2 Å². The number of nitrogens with zero attached hydrogens (tertiary/aromatic N) is 2. The molecule has 0 aliphatic carbocycles. The van der Waals surface area contributed by atoms with Crippen LogP contribution >= 0.6 is 23.4 Å². The largest absolute Gasteiger partial charge is 0.309 e. The van der Waals surface area contributed by atoms with E-state index in [0.29, 0.717) is 5.02 Å². The zero-order valence-corrected chi connectivity index (χ0v) is 19.0. The molecule has 156 valence electrons. The van der Waals surface area contributed by atoms with E-state index >= 15 is 0 Å². The fourth-order valence-electron chi connectivity index (χ4n) is 4.10. The molecule has 0 N–H and O–H groups in total. The predicted molar refractivity (Wildman–Crippen MR) is 129 cm³/mol. The second kappa shape index (κ2) is 9.42. The molecule has 0 fully saturated rings. The molecule has 1 amide bonds. The van der Waals surface area contributed by atoms with E-state index in [9.17, 15) is 4.79 Å². The van der Waals surface area contributed by atoms with Gasteiger partial charge in [0.2, 0.25) is 5.91 Å². The number of halogens is 1. The maximum absolute atomic E-state index is 13.7. The van der Waals surface area contributed by atoms with Gasteiger partial charge < -0.3 is 9.80 Å². The van der Waals surface area contributed by atoms with Crippen LogP contribution in [0.5, 0.6) is 0 Å². The number of fused-ring (bicyclic) bond motifs is 3. The lowest BCUT2D eigenvalue weighted by atomic mass is 10.1. The Balaban J connectivity index is 1.72. The smallest absolute Gasteiger partial charge is 0.245 e. The molecule has 0 radical (unpaired) electrons. The second-order valence-corrected chi connectivity index (χ2v) is 9.14. The van der Waals surface area contributed by atoms with Crippen molar-refractivity contribution in [1.29, 1.82) is 0 Å². The Morgan fingerprint density at radius 2 is 1.73 bits per heavy atom. The molecule has 30 heavy (non-hydrogen) atoms. The van der Waals surface area contributed by atoms with E-state index in [-0.39, 0.29) is 11.2 Å². The third-order valence-electron chi connectivity index (χ3n) is 5.79. The van der Waals surface area contributed by atoms with Crippen molar-refractivity contribution in [2.24, 2.45) is 0 Å². The summed E-state index contributed by atoms with van der Waals surface area (Å²) in [6, 6.07) is 20.3. The molecule has 1 heterocycles. The molecule has 3 nitrogen and oxygen atoms in total. The zero-order chi connectivity index (χ0) is 21.1. The van der Waals surface area contributed by atoms with Gasteiger partial charge in [0.1, 0.15) is 5.25 Å². The van der Waals surface area contributed by atoms with E-state index in [1.165, 1.54) is 5.39 Å². The summed E-state index contributed by atoms with van der Waals surface area (Å²) in [4.78, 5) is 19.3.